The molecule has 1 saturated carbocycles. The molecule has 5 nitrogen and oxygen atoms in total. The Morgan fingerprint density at radius 1 is 1.28 bits per heavy atom. The molecular formula is C17H23F3N2O3. The van der Waals surface area contributed by atoms with Crippen LogP contribution in [0.3, 0.4) is 0 Å². The lowest BCUT2D eigenvalue weighted by Gasteiger charge is -2.33. The van der Waals surface area contributed by atoms with Crippen LogP contribution in [0, 0.1) is 12.8 Å². The highest BCUT2D eigenvalue weighted by Crippen LogP contribution is 2.38. The minimum atomic E-state index is -4.34. The Kier molecular flexibility index (Phi) is 5.80. The van der Waals surface area contributed by atoms with Crippen molar-refractivity contribution >= 4 is 11.9 Å². The van der Waals surface area contributed by atoms with Gasteiger partial charge in [0.2, 0.25) is 0 Å². The van der Waals surface area contributed by atoms with Gasteiger partial charge < -0.3 is 15.0 Å². The maximum Gasteiger partial charge on any atom is 0.393 e. The first-order chi connectivity index (χ1) is 11.7. The third-order valence-electron chi connectivity index (χ3n) is 4.80. The fraction of sp³-hybridized carbons (Fsp3) is 0.647. The summed E-state index contributed by atoms with van der Waals surface area (Å²) in [6.45, 7) is 3.39. The van der Waals surface area contributed by atoms with Gasteiger partial charge in [-0.3, -0.25) is 4.79 Å². The van der Waals surface area contributed by atoms with Crippen LogP contribution in [0.2, 0.25) is 0 Å². The number of ether oxygens (including phenoxy) is 1. The molecule has 1 amide bonds. The number of H-pyrrole nitrogens is 1. The molecule has 1 aromatic heterocycles. The Hall–Kier alpha value is -1.99. The Balaban J connectivity index is 2.26. The summed E-state index contributed by atoms with van der Waals surface area (Å²) < 4.78 is 44.3. The lowest BCUT2D eigenvalue weighted by molar-refractivity contribution is -0.187. The number of aryl methyl sites for hydroxylation is 1. The van der Waals surface area contributed by atoms with Gasteiger partial charge >= 0.3 is 12.1 Å². The number of methoxy groups -OCH3 is 1. The van der Waals surface area contributed by atoms with Crippen molar-refractivity contribution in [3.63, 3.8) is 0 Å². The number of amides is 1. The van der Waals surface area contributed by atoms with E-state index in [0.717, 1.165) is 0 Å². The van der Waals surface area contributed by atoms with Crippen molar-refractivity contribution in [3.8, 4) is 0 Å². The highest BCUT2D eigenvalue weighted by molar-refractivity contribution is 6.00. The van der Waals surface area contributed by atoms with Crippen molar-refractivity contribution in [1.29, 1.82) is 0 Å². The van der Waals surface area contributed by atoms with Gasteiger partial charge in [0, 0.05) is 11.7 Å². The second-order valence-corrected chi connectivity index (χ2v) is 6.34. The van der Waals surface area contributed by atoms with E-state index in [1.807, 2.05) is 0 Å². The van der Waals surface area contributed by atoms with Crippen molar-refractivity contribution in [2.24, 2.45) is 5.92 Å². The average Bonchev–Trinajstić information content (AvgIpc) is 2.90. The average molecular weight is 360 g/mol. The summed E-state index contributed by atoms with van der Waals surface area (Å²) in [4.78, 5) is 27.3. The van der Waals surface area contributed by atoms with Crippen LogP contribution in [-0.2, 0) is 11.2 Å². The minimum Gasteiger partial charge on any atom is -0.465 e. The van der Waals surface area contributed by atoms with Crippen molar-refractivity contribution in [1.82, 2.24) is 10.3 Å². The zero-order valence-corrected chi connectivity index (χ0v) is 14.5. The van der Waals surface area contributed by atoms with Crippen LogP contribution in [0.1, 0.15) is 64.7 Å². The summed E-state index contributed by atoms with van der Waals surface area (Å²) in [5.41, 5.74) is 1.31. The summed E-state index contributed by atoms with van der Waals surface area (Å²) in [7, 11) is 1.24. The van der Waals surface area contributed by atoms with E-state index in [9.17, 15) is 22.8 Å². The van der Waals surface area contributed by atoms with Crippen LogP contribution in [0.4, 0.5) is 13.2 Å². The van der Waals surface area contributed by atoms with Crippen LogP contribution in [-0.4, -0.2) is 36.2 Å². The first-order valence-electron chi connectivity index (χ1n) is 8.38. The number of rotatable bonds is 4. The van der Waals surface area contributed by atoms with E-state index in [2.05, 4.69) is 10.3 Å². The standard InChI is InChI=1S/C17H23F3N2O3/c1-4-11-13(16(24)25-3)9(2)14(21-11)15(23)22-12-8-6-5-7-10(12)17(18,19)20/h10,12,21H,4-8H2,1-3H3,(H,22,23). The zero-order chi connectivity index (χ0) is 18.8. The van der Waals surface area contributed by atoms with E-state index < -0.39 is 30.0 Å². The molecule has 1 fully saturated rings. The molecule has 2 rings (SSSR count). The molecule has 2 unspecified atom stereocenters. The van der Waals surface area contributed by atoms with E-state index in [1.165, 1.54) is 7.11 Å². The summed E-state index contributed by atoms with van der Waals surface area (Å²) in [5, 5.41) is 2.51. The Morgan fingerprint density at radius 3 is 2.48 bits per heavy atom. The number of aromatic amines is 1. The molecule has 0 spiro atoms. The number of carbonyl (C=O) groups excluding carboxylic acids is 2. The number of nitrogens with one attached hydrogen (secondary N) is 2. The molecule has 0 radical (unpaired) electrons. The van der Waals surface area contributed by atoms with Gasteiger partial charge in [-0.15, -0.1) is 0 Å². The van der Waals surface area contributed by atoms with Crippen LogP contribution in [0.15, 0.2) is 0 Å². The number of carbonyl (C=O) groups is 2. The highest BCUT2D eigenvalue weighted by atomic mass is 19.4. The van der Waals surface area contributed by atoms with Crippen LogP contribution >= 0.6 is 0 Å². The van der Waals surface area contributed by atoms with E-state index in [4.69, 9.17) is 4.74 Å². The lowest BCUT2D eigenvalue weighted by atomic mass is 9.84. The molecular weight excluding hydrogens is 337 g/mol. The SMILES string of the molecule is CCc1[nH]c(C(=O)NC2CCCCC2C(F)(F)F)c(C)c1C(=O)OC. The molecule has 2 atom stereocenters. The third-order valence-corrected chi connectivity index (χ3v) is 4.80. The van der Waals surface area contributed by atoms with Gasteiger partial charge in [-0.05, 0) is 31.7 Å². The number of hydrogen-bond acceptors (Lipinski definition) is 3. The molecule has 0 saturated heterocycles. The predicted octanol–water partition coefficient (Wildman–Crippen LogP) is 3.52. The second-order valence-electron chi connectivity index (χ2n) is 6.34. The maximum atomic E-state index is 13.2. The topological polar surface area (TPSA) is 71.2 Å². The Morgan fingerprint density at radius 2 is 1.92 bits per heavy atom. The number of halogens is 3. The monoisotopic (exact) mass is 360 g/mol. The molecule has 1 aromatic rings. The van der Waals surface area contributed by atoms with E-state index in [0.29, 0.717) is 36.9 Å². The van der Waals surface area contributed by atoms with Gasteiger partial charge in [0.15, 0.2) is 0 Å². The van der Waals surface area contributed by atoms with Crippen LogP contribution < -0.4 is 5.32 Å². The normalized spacial score (nSPS) is 21.0. The van der Waals surface area contributed by atoms with Gasteiger partial charge in [-0.25, -0.2) is 4.79 Å². The number of alkyl halides is 3. The number of esters is 1. The lowest BCUT2D eigenvalue weighted by Crippen LogP contribution is -2.47. The molecule has 8 heteroatoms. The van der Waals surface area contributed by atoms with E-state index >= 15 is 0 Å². The summed E-state index contributed by atoms with van der Waals surface area (Å²) in [6, 6.07) is -0.949. The smallest absolute Gasteiger partial charge is 0.393 e. The molecule has 0 aromatic carbocycles. The molecule has 1 aliphatic carbocycles. The van der Waals surface area contributed by atoms with E-state index in [-0.39, 0.29) is 17.7 Å². The van der Waals surface area contributed by atoms with Crippen molar-refractivity contribution in [3.05, 3.63) is 22.5 Å². The van der Waals surface area contributed by atoms with Gasteiger partial charge in [0.05, 0.1) is 18.6 Å². The van der Waals surface area contributed by atoms with Crippen molar-refractivity contribution in [2.45, 2.75) is 58.2 Å². The van der Waals surface area contributed by atoms with Crippen molar-refractivity contribution in [2.75, 3.05) is 7.11 Å². The molecule has 25 heavy (non-hydrogen) atoms. The zero-order valence-electron chi connectivity index (χ0n) is 14.5. The van der Waals surface area contributed by atoms with Gasteiger partial charge in [-0.2, -0.15) is 13.2 Å². The first-order valence-corrected chi connectivity index (χ1v) is 8.38. The van der Waals surface area contributed by atoms with Gasteiger partial charge in [-0.1, -0.05) is 19.8 Å². The van der Waals surface area contributed by atoms with Crippen LogP contribution in [0.5, 0.6) is 0 Å². The molecule has 0 bridgehead atoms. The molecule has 1 aliphatic rings. The molecule has 0 aliphatic heterocycles. The number of aromatic nitrogens is 1. The summed E-state index contributed by atoms with van der Waals surface area (Å²) in [6.07, 6.45) is -2.41. The molecule has 140 valence electrons. The fourth-order valence-corrected chi connectivity index (χ4v) is 3.47. The fourth-order valence-electron chi connectivity index (χ4n) is 3.47. The van der Waals surface area contributed by atoms with Crippen molar-refractivity contribution < 1.29 is 27.5 Å². The van der Waals surface area contributed by atoms with E-state index in [1.54, 1.807) is 13.8 Å². The van der Waals surface area contributed by atoms with Crippen LogP contribution in [0.25, 0.3) is 0 Å². The third kappa shape index (κ3) is 3.99. The van der Waals surface area contributed by atoms with Gasteiger partial charge in [0.25, 0.3) is 5.91 Å². The largest absolute Gasteiger partial charge is 0.465 e. The minimum absolute atomic E-state index is 0.0196. The summed E-state index contributed by atoms with van der Waals surface area (Å²) in [5.74, 6) is -2.73. The number of hydrogen-bond donors (Lipinski definition) is 2. The first kappa shape index (κ1) is 19.3. The Labute approximate surface area is 144 Å². The maximum absolute atomic E-state index is 13.2. The highest BCUT2D eigenvalue weighted by Gasteiger charge is 2.46. The Bertz CT molecular complexity index is 652. The molecule has 1 heterocycles. The quantitative estimate of drug-likeness (QED) is 0.807. The summed E-state index contributed by atoms with van der Waals surface area (Å²) >= 11 is 0. The second kappa shape index (κ2) is 7.49. The molecule has 2 N–H and O–H groups in total. The van der Waals surface area contributed by atoms with Gasteiger partial charge in [0.1, 0.15) is 5.69 Å². The predicted molar refractivity (Wildman–Crippen MR) is 85.5 cm³/mol.